The van der Waals surface area contributed by atoms with Crippen LogP contribution in [0.15, 0.2) is 65.5 Å². The van der Waals surface area contributed by atoms with Gasteiger partial charge in [-0.05, 0) is 68.8 Å². The molecule has 1 fully saturated rings. The third-order valence-electron chi connectivity index (χ3n) is 5.30. The molecule has 1 amide bonds. The number of nitrogens with zero attached hydrogens (tertiary/aromatic N) is 3. The molecule has 6 nitrogen and oxygen atoms in total. The summed E-state index contributed by atoms with van der Waals surface area (Å²) >= 11 is 0. The molecule has 1 atom stereocenters. The van der Waals surface area contributed by atoms with Gasteiger partial charge in [0.25, 0.3) is 0 Å². The number of aryl methyl sites for hydroxylation is 1. The van der Waals surface area contributed by atoms with Gasteiger partial charge in [-0.2, -0.15) is 0 Å². The molecule has 1 unspecified atom stereocenters. The molecule has 1 aliphatic rings. The van der Waals surface area contributed by atoms with E-state index >= 15 is 0 Å². The van der Waals surface area contributed by atoms with Crippen molar-refractivity contribution in [1.29, 1.82) is 0 Å². The van der Waals surface area contributed by atoms with Crippen LogP contribution in [-0.4, -0.2) is 40.0 Å². The molecule has 0 aliphatic carbocycles. The molecule has 1 N–H and O–H groups in total. The number of likely N-dealkylation sites (tertiary alicyclic amines) is 1. The van der Waals surface area contributed by atoms with Crippen LogP contribution < -0.4 is 5.32 Å². The van der Waals surface area contributed by atoms with Gasteiger partial charge >= 0.3 is 0 Å². The Kier molecular flexibility index (Phi) is 5.91. The molecule has 3 aromatic rings. The molecule has 3 heterocycles. The van der Waals surface area contributed by atoms with Gasteiger partial charge in [0.1, 0.15) is 11.6 Å². The van der Waals surface area contributed by atoms with E-state index in [1.54, 1.807) is 12.5 Å². The van der Waals surface area contributed by atoms with Crippen LogP contribution in [0.4, 0.5) is 5.69 Å². The van der Waals surface area contributed by atoms with Gasteiger partial charge in [-0.15, -0.1) is 0 Å². The molecule has 1 saturated heterocycles. The lowest BCUT2D eigenvalue weighted by molar-refractivity contribution is -0.121. The van der Waals surface area contributed by atoms with Gasteiger partial charge in [-0.25, -0.2) is 4.98 Å². The molecule has 0 bridgehead atoms. The lowest BCUT2D eigenvalue weighted by atomic mass is 9.97. The van der Waals surface area contributed by atoms with E-state index in [0.717, 1.165) is 55.4 Å². The van der Waals surface area contributed by atoms with Crippen LogP contribution in [0.3, 0.4) is 0 Å². The minimum absolute atomic E-state index is 0.0105. The molecule has 2 aromatic heterocycles. The average Bonchev–Trinajstić information content (AvgIpc) is 3.41. The van der Waals surface area contributed by atoms with Crippen molar-refractivity contribution in [2.75, 3.05) is 25.0 Å². The van der Waals surface area contributed by atoms with E-state index in [1.807, 2.05) is 60.2 Å². The molecular formula is C23H26N4O2. The van der Waals surface area contributed by atoms with Crippen LogP contribution >= 0.6 is 0 Å². The van der Waals surface area contributed by atoms with Gasteiger partial charge in [0, 0.05) is 36.9 Å². The number of hydrogen-bond donors (Lipinski definition) is 1. The number of anilines is 1. The molecule has 1 aromatic carbocycles. The molecule has 150 valence electrons. The van der Waals surface area contributed by atoms with E-state index in [9.17, 15) is 4.79 Å². The SMILES string of the molecule is Cc1nccn1-c1ccc(NC(=O)C2CCCN(CC=Cc3ccco3)C2)cc1. The number of aromatic nitrogens is 2. The van der Waals surface area contributed by atoms with Crippen molar-refractivity contribution >= 4 is 17.7 Å². The monoisotopic (exact) mass is 390 g/mol. The lowest BCUT2D eigenvalue weighted by Crippen LogP contribution is -2.40. The van der Waals surface area contributed by atoms with Crippen LogP contribution in [-0.2, 0) is 4.79 Å². The Morgan fingerprint density at radius 2 is 2.17 bits per heavy atom. The first-order valence-electron chi connectivity index (χ1n) is 10.0. The van der Waals surface area contributed by atoms with Crippen LogP contribution in [0.2, 0.25) is 0 Å². The molecule has 0 saturated carbocycles. The number of carbonyl (C=O) groups excluding carboxylic acids is 1. The Morgan fingerprint density at radius 3 is 2.90 bits per heavy atom. The van der Waals surface area contributed by atoms with Crippen LogP contribution in [0.25, 0.3) is 11.8 Å². The molecule has 1 aliphatic heterocycles. The van der Waals surface area contributed by atoms with Gasteiger partial charge in [0.15, 0.2) is 0 Å². The maximum absolute atomic E-state index is 12.8. The Balaban J connectivity index is 1.31. The minimum atomic E-state index is 0.0105. The number of carbonyl (C=O) groups is 1. The summed E-state index contributed by atoms with van der Waals surface area (Å²) in [6, 6.07) is 11.7. The first-order valence-corrected chi connectivity index (χ1v) is 10.0. The van der Waals surface area contributed by atoms with E-state index in [1.165, 1.54) is 0 Å². The van der Waals surface area contributed by atoms with Gasteiger partial charge in [-0.1, -0.05) is 6.08 Å². The van der Waals surface area contributed by atoms with Crippen molar-refractivity contribution in [1.82, 2.24) is 14.5 Å². The van der Waals surface area contributed by atoms with Crippen LogP contribution in [0.5, 0.6) is 0 Å². The third kappa shape index (κ3) is 4.84. The minimum Gasteiger partial charge on any atom is -0.465 e. The Labute approximate surface area is 170 Å². The maximum atomic E-state index is 12.8. The van der Waals surface area contributed by atoms with Crippen molar-refractivity contribution in [3.8, 4) is 5.69 Å². The predicted octanol–water partition coefficient (Wildman–Crippen LogP) is 4.14. The number of hydrogen-bond acceptors (Lipinski definition) is 4. The number of rotatable bonds is 6. The van der Waals surface area contributed by atoms with Gasteiger partial charge in [-0.3, -0.25) is 9.69 Å². The second kappa shape index (κ2) is 8.92. The largest absolute Gasteiger partial charge is 0.465 e. The number of benzene rings is 1. The zero-order valence-electron chi connectivity index (χ0n) is 16.6. The molecular weight excluding hydrogens is 364 g/mol. The standard InChI is InChI=1S/C23H26N4O2/c1-18-24-12-15-27(18)21-10-8-20(9-11-21)25-23(28)19-5-2-13-26(17-19)14-3-6-22-7-4-16-29-22/h3-4,6-12,15-16,19H,2,5,13-14,17H2,1H3,(H,25,28). The fourth-order valence-corrected chi connectivity index (χ4v) is 3.74. The van der Waals surface area contributed by atoms with E-state index in [-0.39, 0.29) is 11.8 Å². The summed E-state index contributed by atoms with van der Waals surface area (Å²) in [7, 11) is 0. The lowest BCUT2D eigenvalue weighted by Gasteiger charge is -2.31. The van der Waals surface area contributed by atoms with Gasteiger partial charge in [0.2, 0.25) is 5.91 Å². The third-order valence-corrected chi connectivity index (χ3v) is 5.30. The highest BCUT2D eigenvalue weighted by Crippen LogP contribution is 2.20. The quantitative estimate of drug-likeness (QED) is 0.687. The fourth-order valence-electron chi connectivity index (χ4n) is 3.74. The second-order valence-electron chi connectivity index (χ2n) is 7.40. The molecule has 0 spiro atoms. The van der Waals surface area contributed by atoms with Gasteiger partial charge in [0.05, 0.1) is 12.2 Å². The first kappa shape index (κ1) is 19.2. The Bertz CT molecular complexity index is 957. The van der Waals surface area contributed by atoms with Crippen molar-refractivity contribution in [3.63, 3.8) is 0 Å². The molecule has 6 heteroatoms. The number of amides is 1. The van der Waals surface area contributed by atoms with Gasteiger partial charge < -0.3 is 14.3 Å². The fraction of sp³-hybridized carbons (Fsp3) is 0.304. The smallest absolute Gasteiger partial charge is 0.228 e. The number of imidazole rings is 1. The number of piperidine rings is 1. The topological polar surface area (TPSA) is 63.3 Å². The summed E-state index contributed by atoms with van der Waals surface area (Å²) in [4.78, 5) is 19.3. The number of furan rings is 1. The average molecular weight is 390 g/mol. The normalized spacial score (nSPS) is 17.6. The van der Waals surface area contributed by atoms with E-state index in [0.29, 0.717) is 0 Å². The molecule has 4 rings (SSSR count). The molecule has 29 heavy (non-hydrogen) atoms. The summed E-state index contributed by atoms with van der Waals surface area (Å²) < 4.78 is 7.33. The summed E-state index contributed by atoms with van der Waals surface area (Å²) in [6.45, 7) is 4.59. The Hall–Kier alpha value is -3.12. The van der Waals surface area contributed by atoms with E-state index in [2.05, 4.69) is 21.3 Å². The predicted molar refractivity (Wildman–Crippen MR) is 114 cm³/mol. The summed E-state index contributed by atoms with van der Waals surface area (Å²) in [5.74, 6) is 1.89. The van der Waals surface area contributed by atoms with E-state index < -0.39 is 0 Å². The zero-order chi connectivity index (χ0) is 20.1. The van der Waals surface area contributed by atoms with Crippen molar-refractivity contribution in [2.24, 2.45) is 5.92 Å². The Morgan fingerprint density at radius 1 is 1.31 bits per heavy atom. The molecule has 0 radical (unpaired) electrons. The summed E-state index contributed by atoms with van der Waals surface area (Å²) in [5, 5.41) is 3.07. The van der Waals surface area contributed by atoms with Crippen molar-refractivity contribution < 1.29 is 9.21 Å². The van der Waals surface area contributed by atoms with Crippen LogP contribution in [0.1, 0.15) is 24.4 Å². The van der Waals surface area contributed by atoms with E-state index in [4.69, 9.17) is 4.42 Å². The number of nitrogens with one attached hydrogen (secondary N) is 1. The second-order valence-corrected chi connectivity index (χ2v) is 7.40. The highest BCUT2D eigenvalue weighted by molar-refractivity contribution is 5.92. The van der Waals surface area contributed by atoms with Crippen molar-refractivity contribution in [2.45, 2.75) is 19.8 Å². The summed E-state index contributed by atoms with van der Waals surface area (Å²) in [5.41, 5.74) is 1.86. The first-order chi connectivity index (χ1) is 14.2. The highest BCUT2D eigenvalue weighted by atomic mass is 16.3. The van der Waals surface area contributed by atoms with Crippen LogP contribution in [0, 0.1) is 12.8 Å². The highest BCUT2D eigenvalue weighted by Gasteiger charge is 2.25. The summed E-state index contributed by atoms with van der Waals surface area (Å²) in [6.07, 6.45) is 11.4. The maximum Gasteiger partial charge on any atom is 0.228 e. The zero-order valence-corrected chi connectivity index (χ0v) is 16.6. The van der Waals surface area contributed by atoms with Crippen molar-refractivity contribution in [3.05, 3.63) is 72.7 Å².